The van der Waals surface area contributed by atoms with Crippen LogP contribution in [0.5, 0.6) is 0 Å². The molecule has 0 fully saturated rings. The smallest absolute Gasteiger partial charge is 0.351 e. The molecule has 0 spiro atoms. The van der Waals surface area contributed by atoms with E-state index in [9.17, 15) is 14.0 Å². The number of aromatic nitrogens is 1. The van der Waals surface area contributed by atoms with Crippen molar-refractivity contribution in [2.24, 2.45) is 0 Å². The molecule has 1 aromatic heterocycles. The van der Waals surface area contributed by atoms with E-state index < -0.39 is 5.97 Å². The summed E-state index contributed by atoms with van der Waals surface area (Å²) in [6.45, 7) is 1.53. The van der Waals surface area contributed by atoms with Gasteiger partial charge in [-0.05, 0) is 23.8 Å². The quantitative estimate of drug-likeness (QED) is 0.839. The number of carbonyl (C=O) groups excluding carboxylic acids is 2. The zero-order valence-electron chi connectivity index (χ0n) is 11.5. The van der Waals surface area contributed by atoms with E-state index in [1.807, 2.05) is 0 Å². The third kappa shape index (κ3) is 2.76. The Morgan fingerprint density at radius 3 is 2.68 bits per heavy atom. The lowest BCUT2D eigenvalue weighted by molar-refractivity contribution is 0.0690. The fourth-order valence-electron chi connectivity index (χ4n) is 2.48. The van der Waals surface area contributed by atoms with E-state index in [2.05, 4.69) is 20.1 Å². The standard InChI is InChI=1S/C15H12BrFN2O3/c16-22-15(21)11-7-13-14(20)19(6-5-18(13)9-11)8-10-1-3-12(17)4-2-10/h1-4,7,9H,5-6,8H2. The Morgan fingerprint density at radius 1 is 1.27 bits per heavy atom. The molecule has 3 rings (SSSR count). The average Bonchev–Trinajstić information content (AvgIpc) is 2.96. The fraction of sp³-hybridized carbons (Fsp3) is 0.200. The van der Waals surface area contributed by atoms with Crippen LogP contribution in [0.3, 0.4) is 0 Å². The van der Waals surface area contributed by atoms with Crippen LogP contribution < -0.4 is 0 Å². The monoisotopic (exact) mass is 366 g/mol. The van der Waals surface area contributed by atoms with Crippen molar-refractivity contribution in [3.05, 3.63) is 59.2 Å². The molecule has 1 amide bonds. The van der Waals surface area contributed by atoms with Gasteiger partial charge in [0.05, 0.1) is 5.56 Å². The Hall–Kier alpha value is -2.15. The van der Waals surface area contributed by atoms with Crippen molar-refractivity contribution in [1.82, 2.24) is 9.47 Å². The van der Waals surface area contributed by atoms with Crippen molar-refractivity contribution >= 4 is 28.1 Å². The third-order valence-electron chi connectivity index (χ3n) is 3.61. The summed E-state index contributed by atoms with van der Waals surface area (Å²) >= 11 is 2.64. The molecule has 1 aliphatic rings. The van der Waals surface area contributed by atoms with E-state index in [0.717, 1.165) is 5.56 Å². The first-order valence-corrected chi connectivity index (χ1v) is 7.30. The van der Waals surface area contributed by atoms with Crippen molar-refractivity contribution in [3.63, 3.8) is 0 Å². The zero-order valence-corrected chi connectivity index (χ0v) is 13.0. The van der Waals surface area contributed by atoms with Crippen molar-refractivity contribution in [1.29, 1.82) is 0 Å². The normalized spacial score (nSPS) is 13.9. The highest BCUT2D eigenvalue weighted by molar-refractivity contribution is 9.06. The van der Waals surface area contributed by atoms with E-state index in [-0.39, 0.29) is 11.7 Å². The van der Waals surface area contributed by atoms with Gasteiger partial charge in [-0.3, -0.25) is 4.79 Å². The highest BCUT2D eigenvalue weighted by atomic mass is 79.9. The predicted molar refractivity (Wildman–Crippen MR) is 79.9 cm³/mol. The van der Waals surface area contributed by atoms with Crippen LogP contribution in [0, 0.1) is 5.82 Å². The van der Waals surface area contributed by atoms with Gasteiger partial charge in [0.1, 0.15) is 11.5 Å². The summed E-state index contributed by atoms with van der Waals surface area (Å²) in [5, 5.41) is 0. The highest BCUT2D eigenvalue weighted by Crippen LogP contribution is 2.19. The summed E-state index contributed by atoms with van der Waals surface area (Å²) in [6, 6.07) is 7.57. The first-order valence-electron chi connectivity index (χ1n) is 6.65. The van der Waals surface area contributed by atoms with Crippen LogP contribution in [0.15, 0.2) is 36.5 Å². The Labute approximate surface area is 134 Å². The molecule has 1 aromatic carbocycles. The van der Waals surface area contributed by atoms with Gasteiger partial charge in [0.2, 0.25) is 0 Å². The van der Waals surface area contributed by atoms with Crippen LogP contribution in [-0.4, -0.2) is 27.9 Å². The minimum atomic E-state index is -0.542. The number of nitrogens with zero attached hydrogens (tertiary/aromatic N) is 2. The lowest BCUT2D eigenvalue weighted by Crippen LogP contribution is -2.39. The topological polar surface area (TPSA) is 51.5 Å². The molecule has 0 radical (unpaired) electrons. The predicted octanol–water partition coefficient (Wildman–Crippen LogP) is 2.75. The molecular formula is C15H12BrFN2O3. The minimum Gasteiger partial charge on any atom is -0.380 e. The van der Waals surface area contributed by atoms with Crippen LogP contribution in [-0.2, 0) is 16.9 Å². The molecule has 0 aliphatic carbocycles. The summed E-state index contributed by atoms with van der Waals surface area (Å²) in [5.41, 5.74) is 1.62. The van der Waals surface area contributed by atoms with Gasteiger partial charge in [0.25, 0.3) is 5.91 Å². The molecule has 0 bridgehead atoms. The molecule has 5 nitrogen and oxygen atoms in total. The molecule has 0 unspecified atom stereocenters. The van der Waals surface area contributed by atoms with Gasteiger partial charge in [-0.25, -0.2) is 9.18 Å². The molecule has 0 saturated heterocycles. The lowest BCUT2D eigenvalue weighted by atomic mass is 10.2. The van der Waals surface area contributed by atoms with E-state index in [1.54, 1.807) is 27.8 Å². The molecule has 7 heteroatoms. The molecule has 0 N–H and O–H groups in total. The number of fused-ring (bicyclic) bond motifs is 1. The van der Waals surface area contributed by atoms with E-state index >= 15 is 0 Å². The van der Waals surface area contributed by atoms with Gasteiger partial charge in [-0.2, -0.15) is 0 Å². The molecule has 2 aromatic rings. The second-order valence-electron chi connectivity index (χ2n) is 5.03. The minimum absolute atomic E-state index is 0.163. The largest absolute Gasteiger partial charge is 0.380 e. The maximum Gasteiger partial charge on any atom is 0.351 e. The average molecular weight is 367 g/mol. The molecule has 0 atom stereocenters. The van der Waals surface area contributed by atoms with Crippen molar-refractivity contribution in [3.8, 4) is 0 Å². The first-order chi connectivity index (χ1) is 10.6. The Bertz CT molecular complexity index is 727. The van der Waals surface area contributed by atoms with Gasteiger partial charge < -0.3 is 13.3 Å². The van der Waals surface area contributed by atoms with E-state index in [0.29, 0.717) is 30.9 Å². The number of rotatable bonds is 3. The number of carbonyl (C=O) groups is 2. The van der Waals surface area contributed by atoms with Crippen LogP contribution in [0.4, 0.5) is 4.39 Å². The number of benzene rings is 1. The molecule has 114 valence electrons. The Balaban J connectivity index is 1.80. The molecule has 0 saturated carbocycles. The van der Waals surface area contributed by atoms with Gasteiger partial charge in [-0.1, -0.05) is 12.1 Å². The SMILES string of the molecule is O=C(OBr)c1cc2n(c1)CCN(Cc1ccc(F)cc1)C2=O. The van der Waals surface area contributed by atoms with Gasteiger partial charge in [0, 0.05) is 25.8 Å². The van der Waals surface area contributed by atoms with Crippen molar-refractivity contribution < 1.29 is 17.8 Å². The molecular weight excluding hydrogens is 355 g/mol. The number of halogens is 2. The van der Waals surface area contributed by atoms with Gasteiger partial charge in [-0.15, -0.1) is 0 Å². The summed E-state index contributed by atoms with van der Waals surface area (Å²) in [7, 11) is 0. The van der Waals surface area contributed by atoms with E-state index in [1.165, 1.54) is 18.2 Å². The second kappa shape index (κ2) is 5.92. The van der Waals surface area contributed by atoms with Crippen LogP contribution in [0.25, 0.3) is 0 Å². The Kier molecular flexibility index (Phi) is 3.98. The first kappa shape index (κ1) is 14.8. The van der Waals surface area contributed by atoms with Crippen LogP contribution >= 0.6 is 16.3 Å². The summed E-state index contributed by atoms with van der Waals surface area (Å²) in [4.78, 5) is 25.7. The maximum absolute atomic E-state index is 12.9. The summed E-state index contributed by atoms with van der Waals surface area (Å²) in [5.74, 6) is -1.01. The van der Waals surface area contributed by atoms with E-state index in [4.69, 9.17) is 0 Å². The second-order valence-corrected chi connectivity index (χ2v) is 5.35. The molecule has 1 aliphatic heterocycles. The van der Waals surface area contributed by atoms with Gasteiger partial charge >= 0.3 is 5.97 Å². The highest BCUT2D eigenvalue weighted by Gasteiger charge is 2.26. The van der Waals surface area contributed by atoms with Gasteiger partial charge in [0.15, 0.2) is 16.3 Å². The number of amides is 1. The Morgan fingerprint density at radius 2 is 2.00 bits per heavy atom. The van der Waals surface area contributed by atoms with Crippen LogP contribution in [0.2, 0.25) is 0 Å². The molecule has 2 heterocycles. The zero-order chi connectivity index (χ0) is 15.7. The van der Waals surface area contributed by atoms with Crippen molar-refractivity contribution in [2.45, 2.75) is 13.1 Å². The fourth-order valence-corrected chi connectivity index (χ4v) is 2.67. The maximum atomic E-state index is 12.9. The number of hydrogen-bond donors (Lipinski definition) is 0. The number of hydrogen-bond acceptors (Lipinski definition) is 3. The van der Waals surface area contributed by atoms with Crippen LogP contribution in [0.1, 0.15) is 26.4 Å². The summed E-state index contributed by atoms with van der Waals surface area (Å²) < 4.78 is 19.1. The third-order valence-corrected chi connectivity index (χ3v) is 3.90. The summed E-state index contributed by atoms with van der Waals surface area (Å²) in [6.07, 6.45) is 1.60. The van der Waals surface area contributed by atoms with Crippen molar-refractivity contribution in [2.75, 3.05) is 6.54 Å². The molecule has 22 heavy (non-hydrogen) atoms. The lowest BCUT2D eigenvalue weighted by Gasteiger charge is -2.28.